The van der Waals surface area contributed by atoms with Crippen molar-refractivity contribution < 1.29 is 4.79 Å². The smallest absolute Gasteiger partial charge is 0.234 e. The zero-order chi connectivity index (χ0) is 13.0. The minimum absolute atomic E-state index is 0.00271. The topological polar surface area (TPSA) is 72.7 Å². The first-order chi connectivity index (χ1) is 8.70. The fraction of sp³-hybridized carbons (Fsp3) is 0.273. The second-order valence-corrected chi connectivity index (χ2v) is 4.60. The molecule has 0 aliphatic carbocycles. The molecule has 1 N–H and O–H groups in total. The van der Waals surface area contributed by atoms with Crippen LogP contribution in [0.25, 0.3) is 5.69 Å². The highest BCUT2D eigenvalue weighted by Crippen LogP contribution is 2.17. The predicted octanol–water partition coefficient (Wildman–Crippen LogP) is 1.27. The molecule has 2 aromatic rings. The Kier molecular flexibility index (Phi) is 3.93. The molecule has 0 aliphatic heterocycles. The lowest BCUT2D eigenvalue weighted by Gasteiger charge is -2.08. The molecule has 0 spiro atoms. The van der Waals surface area contributed by atoms with Crippen LogP contribution in [0, 0.1) is 6.92 Å². The van der Waals surface area contributed by atoms with E-state index in [0.29, 0.717) is 5.75 Å². The van der Waals surface area contributed by atoms with Crippen molar-refractivity contribution in [3.8, 4) is 5.69 Å². The molecule has 94 valence electrons. The van der Waals surface area contributed by atoms with Gasteiger partial charge in [0, 0.05) is 5.69 Å². The summed E-state index contributed by atoms with van der Waals surface area (Å²) in [6, 6.07) is 5.61. The predicted molar refractivity (Wildman–Crippen MR) is 70.9 cm³/mol. The van der Waals surface area contributed by atoms with Crippen LogP contribution in [0.15, 0.2) is 24.5 Å². The molecule has 1 aromatic heterocycles. The Bertz CT molecular complexity index is 540. The highest BCUT2D eigenvalue weighted by molar-refractivity contribution is 7.99. The van der Waals surface area contributed by atoms with Crippen molar-refractivity contribution in [2.45, 2.75) is 6.92 Å². The van der Waals surface area contributed by atoms with Crippen LogP contribution in [0.2, 0.25) is 0 Å². The summed E-state index contributed by atoms with van der Waals surface area (Å²) in [6.07, 6.45) is 3.43. The summed E-state index contributed by atoms with van der Waals surface area (Å²) in [6.45, 7) is 1.95. The summed E-state index contributed by atoms with van der Waals surface area (Å²) >= 11 is 1.49. The van der Waals surface area contributed by atoms with E-state index >= 15 is 0 Å². The number of aryl methyl sites for hydroxylation is 1. The van der Waals surface area contributed by atoms with Gasteiger partial charge in [0.2, 0.25) is 5.91 Å². The van der Waals surface area contributed by atoms with E-state index in [1.54, 1.807) is 4.68 Å². The molecule has 0 saturated carbocycles. The number of carbonyl (C=O) groups excluding carboxylic acids is 1. The van der Waals surface area contributed by atoms with Gasteiger partial charge in [-0.25, -0.2) is 4.68 Å². The van der Waals surface area contributed by atoms with Crippen LogP contribution in [0.4, 0.5) is 5.69 Å². The molecule has 18 heavy (non-hydrogen) atoms. The summed E-state index contributed by atoms with van der Waals surface area (Å²) in [7, 11) is 0. The first kappa shape index (κ1) is 12.6. The number of carbonyl (C=O) groups is 1. The summed E-state index contributed by atoms with van der Waals surface area (Å²) in [5.74, 6) is 0.449. The number of hydrogen-bond acceptors (Lipinski definition) is 5. The number of nitrogens with zero attached hydrogens (tertiary/aromatic N) is 4. The second kappa shape index (κ2) is 5.63. The summed E-state index contributed by atoms with van der Waals surface area (Å²) < 4.78 is 1.59. The van der Waals surface area contributed by atoms with Crippen LogP contribution >= 0.6 is 11.8 Å². The van der Waals surface area contributed by atoms with Gasteiger partial charge in [-0.2, -0.15) is 11.8 Å². The maximum atomic E-state index is 11.5. The number of benzene rings is 1. The number of hydrogen-bond donors (Lipinski definition) is 1. The third-order valence-corrected chi connectivity index (χ3v) is 2.90. The molecule has 0 bridgehead atoms. The molecule has 1 amide bonds. The quantitative estimate of drug-likeness (QED) is 0.899. The van der Waals surface area contributed by atoms with Crippen molar-refractivity contribution in [3.05, 3.63) is 30.1 Å². The molecule has 0 saturated heterocycles. The SMILES string of the molecule is CSCC(=O)Nc1ccc(-n2cnnn2)c(C)c1. The average Bonchev–Trinajstić information content (AvgIpc) is 2.82. The van der Waals surface area contributed by atoms with Crippen molar-refractivity contribution in [1.29, 1.82) is 0 Å². The van der Waals surface area contributed by atoms with Gasteiger partial charge in [-0.05, 0) is 47.4 Å². The van der Waals surface area contributed by atoms with E-state index in [-0.39, 0.29) is 5.91 Å². The zero-order valence-corrected chi connectivity index (χ0v) is 10.9. The molecule has 0 fully saturated rings. The minimum Gasteiger partial charge on any atom is -0.325 e. The van der Waals surface area contributed by atoms with Crippen LogP contribution in [-0.2, 0) is 4.79 Å². The highest BCUT2D eigenvalue weighted by Gasteiger charge is 2.05. The molecular formula is C11H13N5OS. The monoisotopic (exact) mass is 263 g/mol. The van der Waals surface area contributed by atoms with Gasteiger partial charge in [-0.1, -0.05) is 0 Å². The molecule has 1 heterocycles. The van der Waals surface area contributed by atoms with E-state index in [4.69, 9.17) is 0 Å². The molecule has 7 heteroatoms. The molecule has 0 aliphatic rings. The summed E-state index contributed by atoms with van der Waals surface area (Å²) in [5.41, 5.74) is 2.66. The number of aromatic nitrogens is 4. The first-order valence-electron chi connectivity index (χ1n) is 5.33. The van der Waals surface area contributed by atoms with Gasteiger partial charge in [0.25, 0.3) is 0 Å². The first-order valence-corrected chi connectivity index (χ1v) is 6.73. The minimum atomic E-state index is -0.00271. The van der Waals surface area contributed by atoms with Crippen molar-refractivity contribution in [1.82, 2.24) is 20.2 Å². The molecule has 2 rings (SSSR count). The third-order valence-electron chi connectivity index (χ3n) is 2.35. The molecule has 0 atom stereocenters. The molecular weight excluding hydrogens is 250 g/mol. The van der Waals surface area contributed by atoms with Gasteiger partial charge in [-0.15, -0.1) is 5.10 Å². The van der Waals surface area contributed by atoms with E-state index in [0.717, 1.165) is 16.9 Å². The van der Waals surface area contributed by atoms with Crippen molar-refractivity contribution >= 4 is 23.4 Å². The van der Waals surface area contributed by atoms with E-state index in [1.807, 2.05) is 31.4 Å². The van der Waals surface area contributed by atoms with Crippen LogP contribution in [0.5, 0.6) is 0 Å². The van der Waals surface area contributed by atoms with E-state index in [9.17, 15) is 4.79 Å². The normalized spacial score (nSPS) is 10.3. The van der Waals surface area contributed by atoms with E-state index < -0.39 is 0 Å². The van der Waals surface area contributed by atoms with Crippen molar-refractivity contribution in [2.24, 2.45) is 0 Å². The lowest BCUT2D eigenvalue weighted by Crippen LogP contribution is -2.14. The van der Waals surface area contributed by atoms with Crippen LogP contribution < -0.4 is 5.32 Å². The fourth-order valence-electron chi connectivity index (χ4n) is 1.59. The Morgan fingerprint density at radius 1 is 1.50 bits per heavy atom. The Morgan fingerprint density at radius 3 is 2.94 bits per heavy atom. The molecule has 6 nitrogen and oxygen atoms in total. The zero-order valence-electron chi connectivity index (χ0n) is 10.1. The largest absolute Gasteiger partial charge is 0.325 e. The Morgan fingerprint density at radius 2 is 2.33 bits per heavy atom. The molecule has 0 unspecified atom stereocenters. The van der Waals surface area contributed by atoms with Gasteiger partial charge in [0.1, 0.15) is 6.33 Å². The molecule has 1 aromatic carbocycles. The van der Waals surface area contributed by atoms with Crippen LogP contribution in [0.3, 0.4) is 0 Å². The van der Waals surface area contributed by atoms with Crippen LogP contribution in [-0.4, -0.2) is 38.1 Å². The van der Waals surface area contributed by atoms with Gasteiger partial charge in [-0.3, -0.25) is 4.79 Å². The van der Waals surface area contributed by atoms with Gasteiger partial charge < -0.3 is 5.32 Å². The maximum absolute atomic E-state index is 11.5. The standard InChI is InChI=1S/C11H13N5OS/c1-8-5-9(13-11(17)6-18-2)3-4-10(8)16-7-12-14-15-16/h3-5,7H,6H2,1-2H3,(H,13,17). The molecule has 0 radical (unpaired) electrons. The number of thioether (sulfide) groups is 1. The number of nitrogens with one attached hydrogen (secondary N) is 1. The van der Waals surface area contributed by atoms with Crippen molar-refractivity contribution in [3.63, 3.8) is 0 Å². The average molecular weight is 263 g/mol. The van der Waals surface area contributed by atoms with Gasteiger partial charge >= 0.3 is 0 Å². The lowest BCUT2D eigenvalue weighted by atomic mass is 10.2. The highest BCUT2D eigenvalue weighted by atomic mass is 32.2. The van der Waals surface area contributed by atoms with Gasteiger partial charge in [0.15, 0.2) is 0 Å². The van der Waals surface area contributed by atoms with E-state index in [2.05, 4.69) is 20.8 Å². The fourth-order valence-corrected chi connectivity index (χ4v) is 1.92. The Hall–Kier alpha value is -1.89. The van der Waals surface area contributed by atoms with Gasteiger partial charge in [0.05, 0.1) is 11.4 Å². The Balaban J connectivity index is 2.18. The lowest BCUT2D eigenvalue weighted by molar-refractivity contribution is -0.113. The number of tetrazole rings is 1. The maximum Gasteiger partial charge on any atom is 0.234 e. The summed E-state index contributed by atoms with van der Waals surface area (Å²) in [4.78, 5) is 11.5. The number of rotatable bonds is 4. The van der Waals surface area contributed by atoms with Crippen LogP contribution in [0.1, 0.15) is 5.56 Å². The second-order valence-electron chi connectivity index (χ2n) is 3.74. The number of amides is 1. The summed E-state index contributed by atoms with van der Waals surface area (Å²) in [5, 5.41) is 13.9. The van der Waals surface area contributed by atoms with E-state index in [1.165, 1.54) is 18.1 Å². The van der Waals surface area contributed by atoms with Crippen molar-refractivity contribution in [2.75, 3.05) is 17.3 Å². The third kappa shape index (κ3) is 2.86. The number of anilines is 1. The Labute approximate surface area is 109 Å².